The van der Waals surface area contributed by atoms with Crippen LogP contribution in [0.5, 0.6) is 0 Å². The van der Waals surface area contributed by atoms with Crippen LogP contribution < -0.4 is 10.6 Å². The Kier molecular flexibility index (Phi) is 4.74. The third-order valence-electron chi connectivity index (χ3n) is 4.47. The average molecular weight is 341 g/mol. The number of pyridine rings is 1. The molecule has 1 aliphatic heterocycles. The first-order valence-corrected chi connectivity index (χ1v) is 8.45. The van der Waals surface area contributed by atoms with Gasteiger partial charge in [-0.15, -0.1) is 0 Å². The molecule has 25 heavy (non-hydrogen) atoms. The number of anilines is 1. The Hall–Kier alpha value is -2.83. The second-order valence-corrected chi connectivity index (χ2v) is 6.41. The molecule has 3 heterocycles. The molecular formula is C18H23N5O2. The molecule has 2 amide bonds. The van der Waals surface area contributed by atoms with Gasteiger partial charge in [0.15, 0.2) is 0 Å². The first kappa shape index (κ1) is 17.0. The molecule has 3 rings (SSSR count). The van der Waals surface area contributed by atoms with Gasteiger partial charge in [0, 0.05) is 44.6 Å². The molecule has 0 bridgehead atoms. The van der Waals surface area contributed by atoms with Crippen LogP contribution in [0.2, 0.25) is 0 Å². The fourth-order valence-electron chi connectivity index (χ4n) is 3.15. The van der Waals surface area contributed by atoms with E-state index >= 15 is 0 Å². The van der Waals surface area contributed by atoms with Crippen LogP contribution in [-0.4, -0.2) is 52.4 Å². The Morgan fingerprint density at radius 3 is 2.48 bits per heavy atom. The van der Waals surface area contributed by atoms with Gasteiger partial charge in [-0.25, -0.2) is 4.98 Å². The quantitative estimate of drug-likeness (QED) is 0.914. The first-order valence-electron chi connectivity index (χ1n) is 8.45. The summed E-state index contributed by atoms with van der Waals surface area (Å²) in [7, 11) is 0. The molecule has 7 nitrogen and oxygen atoms in total. The second-order valence-electron chi connectivity index (χ2n) is 6.41. The maximum Gasteiger partial charge on any atom is 0.270 e. The molecule has 0 aliphatic carbocycles. The highest BCUT2D eigenvalue weighted by molar-refractivity contribution is 5.97. The zero-order chi connectivity index (χ0) is 18.0. The summed E-state index contributed by atoms with van der Waals surface area (Å²) < 4.78 is 1.98. The topological polar surface area (TPSA) is 84.5 Å². The van der Waals surface area contributed by atoms with E-state index < -0.39 is 5.91 Å². The lowest BCUT2D eigenvalue weighted by Gasteiger charge is -2.36. The van der Waals surface area contributed by atoms with E-state index in [1.165, 1.54) is 0 Å². The maximum atomic E-state index is 12.8. The number of aromatic nitrogens is 2. The Morgan fingerprint density at radius 1 is 1.12 bits per heavy atom. The predicted molar refractivity (Wildman–Crippen MR) is 95.7 cm³/mol. The zero-order valence-electron chi connectivity index (χ0n) is 14.6. The van der Waals surface area contributed by atoms with Crippen molar-refractivity contribution in [3.63, 3.8) is 0 Å². The molecule has 1 saturated heterocycles. The van der Waals surface area contributed by atoms with E-state index in [2.05, 4.69) is 18.8 Å². The Bertz CT molecular complexity index is 775. The van der Waals surface area contributed by atoms with Crippen LogP contribution in [0.25, 0.3) is 0 Å². The number of amides is 2. The summed E-state index contributed by atoms with van der Waals surface area (Å²) in [5.41, 5.74) is 6.55. The van der Waals surface area contributed by atoms with Gasteiger partial charge in [0.05, 0.1) is 5.56 Å². The largest absolute Gasteiger partial charge is 0.365 e. The maximum absolute atomic E-state index is 12.8. The molecule has 1 aliphatic rings. The van der Waals surface area contributed by atoms with Crippen molar-refractivity contribution < 1.29 is 9.59 Å². The zero-order valence-corrected chi connectivity index (χ0v) is 14.6. The van der Waals surface area contributed by atoms with Gasteiger partial charge in [-0.2, -0.15) is 0 Å². The van der Waals surface area contributed by atoms with Crippen molar-refractivity contribution in [2.45, 2.75) is 19.9 Å². The van der Waals surface area contributed by atoms with E-state index in [1.807, 2.05) is 32.7 Å². The first-order chi connectivity index (χ1) is 12.0. The van der Waals surface area contributed by atoms with Crippen molar-refractivity contribution >= 4 is 17.6 Å². The van der Waals surface area contributed by atoms with Gasteiger partial charge in [-0.3, -0.25) is 9.59 Å². The lowest BCUT2D eigenvalue weighted by Crippen LogP contribution is -2.49. The van der Waals surface area contributed by atoms with Crippen LogP contribution in [0.4, 0.5) is 5.82 Å². The van der Waals surface area contributed by atoms with Crippen molar-refractivity contribution in [2.75, 3.05) is 31.1 Å². The van der Waals surface area contributed by atoms with Crippen LogP contribution >= 0.6 is 0 Å². The summed E-state index contributed by atoms with van der Waals surface area (Å²) in [6.07, 6.45) is 3.58. The van der Waals surface area contributed by atoms with Gasteiger partial charge in [-0.1, -0.05) is 0 Å². The summed E-state index contributed by atoms with van der Waals surface area (Å²) in [6, 6.07) is 7.37. The molecule has 0 unspecified atom stereocenters. The molecule has 0 radical (unpaired) electrons. The summed E-state index contributed by atoms with van der Waals surface area (Å²) >= 11 is 0. The normalized spacial score (nSPS) is 14.8. The van der Waals surface area contributed by atoms with Crippen LogP contribution in [0.15, 0.2) is 36.7 Å². The number of nitrogens with two attached hydrogens (primary N) is 1. The van der Waals surface area contributed by atoms with Crippen molar-refractivity contribution in [3.05, 3.63) is 47.9 Å². The van der Waals surface area contributed by atoms with Crippen molar-refractivity contribution in [2.24, 2.45) is 5.73 Å². The SMILES string of the molecule is CC(C)n1cccc1C(=O)N1CCN(c2ncccc2C(N)=O)CC1. The summed E-state index contributed by atoms with van der Waals surface area (Å²) in [5.74, 6) is 0.138. The molecular weight excluding hydrogens is 318 g/mol. The van der Waals surface area contributed by atoms with Gasteiger partial charge in [0.2, 0.25) is 0 Å². The number of nitrogens with zero attached hydrogens (tertiary/aromatic N) is 4. The van der Waals surface area contributed by atoms with Crippen molar-refractivity contribution in [1.29, 1.82) is 0 Å². The number of carbonyl (C=O) groups excluding carboxylic acids is 2. The van der Waals surface area contributed by atoms with E-state index in [-0.39, 0.29) is 11.9 Å². The summed E-state index contributed by atoms with van der Waals surface area (Å²) in [6.45, 7) is 6.51. The number of rotatable bonds is 4. The molecule has 1 fully saturated rings. The Morgan fingerprint density at radius 2 is 1.84 bits per heavy atom. The van der Waals surface area contributed by atoms with Crippen LogP contribution in [-0.2, 0) is 0 Å². The molecule has 0 aromatic carbocycles. The standard InChI is InChI=1S/C18H23N5O2/c1-13(2)23-8-4-6-15(23)18(25)22-11-9-21(10-12-22)17-14(16(19)24)5-3-7-20-17/h3-8,13H,9-12H2,1-2H3,(H2,19,24). The van der Waals surface area contributed by atoms with Crippen molar-refractivity contribution in [1.82, 2.24) is 14.5 Å². The number of primary amides is 1. The Balaban J connectivity index is 1.71. The molecule has 2 N–H and O–H groups in total. The van der Waals surface area contributed by atoms with Crippen LogP contribution in [0, 0.1) is 0 Å². The fourth-order valence-corrected chi connectivity index (χ4v) is 3.15. The molecule has 0 atom stereocenters. The van der Waals surface area contributed by atoms with Gasteiger partial charge in [0.1, 0.15) is 11.5 Å². The predicted octanol–water partition coefficient (Wildman–Crippen LogP) is 1.53. The van der Waals surface area contributed by atoms with E-state index in [0.29, 0.717) is 43.3 Å². The highest BCUT2D eigenvalue weighted by Crippen LogP contribution is 2.20. The third-order valence-corrected chi connectivity index (χ3v) is 4.47. The fraction of sp³-hybridized carbons (Fsp3) is 0.389. The highest BCUT2D eigenvalue weighted by atomic mass is 16.2. The van der Waals surface area contributed by atoms with E-state index in [1.54, 1.807) is 18.3 Å². The Labute approximate surface area is 147 Å². The van der Waals surface area contributed by atoms with E-state index in [9.17, 15) is 9.59 Å². The van der Waals surface area contributed by atoms with Gasteiger partial charge < -0.3 is 20.1 Å². The van der Waals surface area contributed by atoms with Crippen molar-refractivity contribution in [3.8, 4) is 0 Å². The van der Waals surface area contributed by atoms with Crippen LogP contribution in [0.3, 0.4) is 0 Å². The number of hydrogen-bond acceptors (Lipinski definition) is 4. The minimum absolute atomic E-state index is 0.0366. The van der Waals surface area contributed by atoms with Gasteiger partial charge in [-0.05, 0) is 38.1 Å². The van der Waals surface area contributed by atoms with Gasteiger partial charge >= 0.3 is 0 Å². The molecule has 7 heteroatoms. The molecule has 0 spiro atoms. The molecule has 2 aromatic heterocycles. The minimum Gasteiger partial charge on any atom is -0.365 e. The molecule has 2 aromatic rings. The average Bonchev–Trinajstić information content (AvgIpc) is 3.11. The molecule has 0 saturated carbocycles. The highest BCUT2D eigenvalue weighted by Gasteiger charge is 2.26. The summed E-state index contributed by atoms with van der Waals surface area (Å²) in [5, 5.41) is 0. The molecule has 132 valence electrons. The van der Waals surface area contributed by atoms with Gasteiger partial charge in [0.25, 0.3) is 11.8 Å². The second kappa shape index (κ2) is 6.96. The minimum atomic E-state index is -0.489. The lowest BCUT2D eigenvalue weighted by atomic mass is 10.2. The van der Waals surface area contributed by atoms with E-state index in [0.717, 1.165) is 0 Å². The number of hydrogen-bond donors (Lipinski definition) is 1. The van der Waals surface area contributed by atoms with Crippen LogP contribution in [0.1, 0.15) is 40.7 Å². The van der Waals surface area contributed by atoms with E-state index in [4.69, 9.17) is 5.73 Å². The summed E-state index contributed by atoms with van der Waals surface area (Å²) in [4.78, 5) is 32.5. The number of carbonyl (C=O) groups is 2. The number of piperazine rings is 1. The monoisotopic (exact) mass is 341 g/mol. The smallest absolute Gasteiger partial charge is 0.270 e. The lowest BCUT2D eigenvalue weighted by molar-refractivity contribution is 0.0733. The third kappa shape index (κ3) is 3.35.